The van der Waals surface area contributed by atoms with E-state index < -0.39 is 0 Å². The summed E-state index contributed by atoms with van der Waals surface area (Å²) in [5, 5.41) is 17.9. The number of phenols is 1. The van der Waals surface area contributed by atoms with Crippen molar-refractivity contribution in [2.45, 2.75) is 13.5 Å². The first-order valence-electron chi connectivity index (χ1n) is 5.95. The number of rotatable bonds is 3. The van der Waals surface area contributed by atoms with Crippen LogP contribution in [-0.4, -0.2) is 15.1 Å². The molecule has 0 unspecified atom stereocenters. The minimum absolute atomic E-state index is 0.244. The molecular formula is C14H13N3OS. The molecule has 2 aromatic heterocycles. The van der Waals surface area contributed by atoms with Crippen LogP contribution in [0, 0.1) is 6.92 Å². The fourth-order valence-corrected chi connectivity index (χ4v) is 2.65. The SMILES string of the molecule is Cc1csc(CNc2nccc3ccc(O)cc23)n1. The highest BCUT2D eigenvalue weighted by molar-refractivity contribution is 7.09. The Morgan fingerprint density at radius 3 is 3.00 bits per heavy atom. The number of nitrogens with zero attached hydrogens (tertiary/aromatic N) is 2. The van der Waals surface area contributed by atoms with Gasteiger partial charge in [-0.1, -0.05) is 6.07 Å². The Labute approximate surface area is 114 Å². The van der Waals surface area contributed by atoms with Gasteiger partial charge in [0.25, 0.3) is 0 Å². The number of aromatic hydroxyl groups is 1. The molecule has 0 atom stereocenters. The first-order valence-corrected chi connectivity index (χ1v) is 6.83. The summed E-state index contributed by atoms with van der Waals surface area (Å²) < 4.78 is 0. The summed E-state index contributed by atoms with van der Waals surface area (Å²) in [6, 6.07) is 7.20. The van der Waals surface area contributed by atoms with Gasteiger partial charge in [-0.2, -0.15) is 0 Å². The molecule has 0 aliphatic rings. The highest BCUT2D eigenvalue weighted by Crippen LogP contribution is 2.25. The number of aryl methyl sites for hydroxylation is 1. The molecule has 3 aromatic rings. The number of phenolic OH excluding ortho intramolecular Hbond substituents is 1. The lowest BCUT2D eigenvalue weighted by atomic mass is 10.1. The summed E-state index contributed by atoms with van der Waals surface area (Å²) in [5.41, 5.74) is 1.03. The van der Waals surface area contributed by atoms with E-state index in [1.165, 1.54) is 0 Å². The molecule has 96 valence electrons. The average molecular weight is 271 g/mol. The molecule has 2 heterocycles. The molecule has 2 N–H and O–H groups in total. The second-order valence-corrected chi connectivity index (χ2v) is 5.24. The van der Waals surface area contributed by atoms with Crippen LogP contribution >= 0.6 is 11.3 Å². The summed E-state index contributed by atoms with van der Waals surface area (Å²) in [6.45, 7) is 2.62. The Balaban J connectivity index is 1.90. The first-order chi connectivity index (χ1) is 9.22. The van der Waals surface area contributed by atoms with Crippen LogP contribution < -0.4 is 5.32 Å². The Bertz CT molecular complexity index is 724. The van der Waals surface area contributed by atoms with Crippen molar-refractivity contribution < 1.29 is 5.11 Å². The lowest BCUT2D eigenvalue weighted by Crippen LogP contribution is -2.01. The van der Waals surface area contributed by atoms with Crippen LogP contribution in [0.1, 0.15) is 10.7 Å². The molecule has 0 aliphatic carbocycles. The van der Waals surface area contributed by atoms with Crippen molar-refractivity contribution in [3.63, 3.8) is 0 Å². The number of thiazole rings is 1. The Kier molecular flexibility index (Phi) is 3.05. The van der Waals surface area contributed by atoms with E-state index in [1.54, 1.807) is 29.7 Å². The van der Waals surface area contributed by atoms with Crippen molar-refractivity contribution in [3.8, 4) is 5.75 Å². The summed E-state index contributed by atoms with van der Waals surface area (Å²) in [4.78, 5) is 8.73. The van der Waals surface area contributed by atoms with E-state index in [4.69, 9.17) is 0 Å². The van der Waals surface area contributed by atoms with Crippen molar-refractivity contribution in [1.29, 1.82) is 0 Å². The lowest BCUT2D eigenvalue weighted by Gasteiger charge is -2.07. The van der Waals surface area contributed by atoms with E-state index in [9.17, 15) is 5.11 Å². The number of nitrogens with one attached hydrogen (secondary N) is 1. The Morgan fingerprint density at radius 1 is 1.32 bits per heavy atom. The molecule has 0 saturated carbocycles. The molecule has 0 spiro atoms. The standard InChI is InChI=1S/C14H13N3OS/c1-9-8-19-13(17-9)7-16-14-12-6-11(18)3-2-10(12)4-5-15-14/h2-6,8,18H,7H2,1H3,(H,15,16). The molecule has 5 heteroatoms. The monoisotopic (exact) mass is 271 g/mol. The summed E-state index contributed by atoms with van der Waals surface area (Å²) >= 11 is 1.63. The number of hydrogen-bond donors (Lipinski definition) is 2. The Hall–Kier alpha value is -2.14. The van der Waals surface area contributed by atoms with E-state index in [0.717, 1.165) is 27.3 Å². The minimum atomic E-state index is 0.244. The second kappa shape index (κ2) is 4.85. The summed E-state index contributed by atoms with van der Waals surface area (Å²) in [7, 11) is 0. The molecule has 4 nitrogen and oxygen atoms in total. The topological polar surface area (TPSA) is 58.0 Å². The molecule has 0 saturated heterocycles. The van der Waals surface area contributed by atoms with Crippen molar-refractivity contribution >= 4 is 27.9 Å². The predicted molar refractivity (Wildman–Crippen MR) is 77.6 cm³/mol. The third-order valence-corrected chi connectivity index (χ3v) is 3.79. The van der Waals surface area contributed by atoms with E-state index in [-0.39, 0.29) is 5.75 Å². The molecule has 19 heavy (non-hydrogen) atoms. The van der Waals surface area contributed by atoms with Gasteiger partial charge in [0.1, 0.15) is 16.6 Å². The normalized spacial score (nSPS) is 10.8. The van der Waals surface area contributed by atoms with Crippen molar-refractivity contribution in [1.82, 2.24) is 9.97 Å². The zero-order valence-electron chi connectivity index (χ0n) is 10.4. The van der Waals surface area contributed by atoms with Gasteiger partial charge in [0.05, 0.1) is 6.54 Å². The third-order valence-electron chi connectivity index (χ3n) is 2.82. The fraction of sp³-hybridized carbons (Fsp3) is 0.143. The first kappa shape index (κ1) is 11.9. The van der Waals surface area contributed by atoms with Gasteiger partial charge in [-0.3, -0.25) is 0 Å². The van der Waals surface area contributed by atoms with Gasteiger partial charge in [0.15, 0.2) is 0 Å². The van der Waals surface area contributed by atoms with Crippen molar-refractivity contribution in [2.24, 2.45) is 0 Å². The van der Waals surface area contributed by atoms with Gasteiger partial charge in [-0.15, -0.1) is 11.3 Å². The van der Waals surface area contributed by atoms with E-state index in [2.05, 4.69) is 15.3 Å². The van der Waals surface area contributed by atoms with Crippen LogP contribution in [0.25, 0.3) is 10.8 Å². The van der Waals surface area contributed by atoms with E-state index in [0.29, 0.717) is 6.54 Å². The van der Waals surface area contributed by atoms with Crippen molar-refractivity contribution in [3.05, 3.63) is 46.5 Å². The van der Waals surface area contributed by atoms with Gasteiger partial charge in [0, 0.05) is 22.7 Å². The van der Waals surface area contributed by atoms with Gasteiger partial charge < -0.3 is 10.4 Å². The molecule has 0 aliphatic heterocycles. The number of anilines is 1. The molecule has 3 rings (SSSR count). The van der Waals surface area contributed by atoms with Crippen molar-refractivity contribution in [2.75, 3.05) is 5.32 Å². The maximum Gasteiger partial charge on any atom is 0.134 e. The molecule has 0 radical (unpaired) electrons. The van der Waals surface area contributed by atoms with E-state index >= 15 is 0 Å². The highest BCUT2D eigenvalue weighted by atomic mass is 32.1. The van der Waals surface area contributed by atoms with Crippen LogP contribution in [0.15, 0.2) is 35.8 Å². The number of benzene rings is 1. The fourth-order valence-electron chi connectivity index (χ4n) is 1.94. The maximum atomic E-state index is 9.58. The number of aromatic nitrogens is 2. The van der Waals surface area contributed by atoms with Gasteiger partial charge >= 0.3 is 0 Å². The highest BCUT2D eigenvalue weighted by Gasteiger charge is 2.04. The largest absolute Gasteiger partial charge is 0.508 e. The summed E-state index contributed by atoms with van der Waals surface area (Å²) in [6.07, 6.45) is 1.76. The minimum Gasteiger partial charge on any atom is -0.508 e. The Morgan fingerprint density at radius 2 is 2.21 bits per heavy atom. The quantitative estimate of drug-likeness (QED) is 0.767. The summed E-state index contributed by atoms with van der Waals surface area (Å²) in [5.74, 6) is 1.01. The van der Waals surface area contributed by atoms with Crippen LogP contribution in [0.5, 0.6) is 5.75 Å². The van der Waals surface area contributed by atoms with Crippen LogP contribution in [0.3, 0.4) is 0 Å². The zero-order chi connectivity index (χ0) is 13.2. The van der Waals surface area contributed by atoms with Crippen LogP contribution in [-0.2, 0) is 6.54 Å². The van der Waals surface area contributed by atoms with Gasteiger partial charge in [0.2, 0.25) is 0 Å². The van der Waals surface area contributed by atoms with Gasteiger partial charge in [-0.25, -0.2) is 9.97 Å². The van der Waals surface area contributed by atoms with Gasteiger partial charge in [-0.05, 0) is 30.5 Å². The molecule has 0 bridgehead atoms. The lowest BCUT2D eigenvalue weighted by molar-refractivity contribution is 0.476. The van der Waals surface area contributed by atoms with Crippen LogP contribution in [0.2, 0.25) is 0 Å². The number of pyridine rings is 1. The molecule has 0 amide bonds. The molecule has 1 aromatic carbocycles. The van der Waals surface area contributed by atoms with Crippen LogP contribution in [0.4, 0.5) is 5.82 Å². The smallest absolute Gasteiger partial charge is 0.134 e. The predicted octanol–water partition coefficient (Wildman–Crippen LogP) is 3.32. The maximum absolute atomic E-state index is 9.58. The average Bonchev–Trinajstić information content (AvgIpc) is 2.82. The molecular weight excluding hydrogens is 258 g/mol. The zero-order valence-corrected chi connectivity index (χ0v) is 11.2. The second-order valence-electron chi connectivity index (χ2n) is 4.30. The number of fused-ring (bicyclic) bond motifs is 1. The number of hydrogen-bond acceptors (Lipinski definition) is 5. The third kappa shape index (κ3) is 2.51. The molecule has 0 fully saturated rings. The van der Waals surface area contributed by atoms with E-state index in [1.807, 2.05) is 24.4 Å².